The van der Waals surface area contributed by atoms with Gasteiger partial charge in [-0.2, -0.15) is 0 Å². The summed E-state index contributed by atoms with van der Waals surface area (Å²) in [7, 11) is 0. The molecule has 0 atom stereocenters. The molecule has 0 radical (unpaired) electrons. The minimum Gasteiger partial charge on any atom is -0.342 e. The predicted molar refractivity (Wildman–Crippen MR) is 90.9 cm³/mol. The van der Waals surface area contributed by atoms with Gasteiger partial charge in [-0.3, -0.25) is 14.6 Å². The lowest BCUT2D eigenvalue weighted by molar-refractivity contribution is -0.115. The number of aryl methyl sites for hydroxylation is 3. The Labute approximate surface area is 140 Å². The molecular weight excluding hydrogens is 314 g/mol. The number of anilines is 1. The van der Waals surface area contributed by atoms with Crippen molar-refractivity contribution in [2.45, 2.75) is 20.8 Å². The maximum atomic E-state index is 12.0. The highest BCUT2D eigenvalue weighted by molar-refractivity contribution is 6.30. The zero-order valence-electron chi connectivity index (χ0n) is 13.2. The van der Waals surface area contributed by atoms with E-state index in [4.69, 9.17) is 11.6 Å². The van der Waals surface area contributed by atoms with E-state index in [1.54, 1.807) is 6.07 Å². The van der Waals surface area contributed by atoms with Crippen molar-refractivity contribution in [2.24, 2.45) is 0 Å². The van der Waals surface area contributed by atoms with Crippen LogP contribution >= 0.6 is 11.6 Å². The largest absolute Gasteiger partial charge is 0.342 e. The lowest BCUT2D eigenvalue weighted by Crippen LogP contribution is -2.33. The van der Waals surface area contributed by atoms with E-state index in [-0.39, 0.29) is 18.1 Å². The highest BCUT2D eigenvalue weighted by Crippen LogP contribution is 2.21. The fourth-order valence-electron chi connectivity index (χ4n) is 2.34. The van der Waals surface area contributed by atoms with Crippen LogP contribution in [0.5, 0.6) is 0 Å². The Kier molecular flexibility index (Phi) is 5.34. The van der Waals surface area contributed by atoms with Crippen LogP contribution in [0.3, 0.4) is 0 Å². The Bertz CT molecular complexity index is 736. The number of hydrogen-bond donors (Lipinski definition) is 2. The van der Waals surface area contributed by atoms with E-state index in [0.717, 1.165) is 22.4 Å². The zero-order chi connectivity index (χ0) is 17.0. The maximum absolute atomic E-state index is 12.0. The SMILES string of the molecule is Cc1cc(C)c(NC(=O)CNC(=O)c2cc(Cl)ccn2)c(C)c1. The van der Waals surface area contributed by atoms with Gasteiger partial charge in [-0.25, -0.2) is 0 Å². The Morgan fingerprint density at radius 1 is 1.13 bits per heavy atom. The summed E-state index contributed by atoms with van der Waals surface area (Å²) in [4.78, 5) is 27.9. The minimum atomic E-state index is -0.444. The van der Waals surface area contributed by atoms with Crippen LogP contribution in [0, 0.1) is 20.8 Å². The van der Waals surface area contributed by atoms with Gasteiger partial charge in [0.05, 0.1) is 6.54 Å². The molecular formula is C17H18ClN3O2. The number of amides is 2. The smallest absolute Gasteiger partial charge is 0.270 e. The molecule has 2 N–H and O–H groups in total. The van der Waals surface area contributed by atoms with Crippen LogP contribution in [0.2, 0.25) is 5.02 Å². The van der Waals surface area contributed by atoms with Crippen molar-refractivity contribution >= 4 is 29.1 Å². The van der Waals surface area contributed by atoms with E-state index >= 15 is 0 Å². The van der Waals surface area contributed by atoms with Crippen LogP contribution in [0.4, 0.5) is 5.69 Å². The van der Waals surface area contributed by atoms with Gasteiger partial charge in [-0.15, -0.1) is 0 Å². The third-order valence-corrected chi connectivity index (χ3v) is 3.54. The summed E-state index contributed by atoms with van der Waals surface area (Å²) >= 11 is 5.81. The zero-order valence-corrected chi connectivity index (χ0v) is 14.0. The molecule has 0 unspecified atom stereocenters. The maximum Gasteiger partial charge on any atom is 0.270 e. The van der Waals surface area contributed by atoms with Crippen LogP contribution in [-0.4, -0.2) is 23.3 Å². The van der Waals surface area contributed by atoms with Gasteiger partial charge in [-0.05, 0) is 44.0 Å². The summed E-state index contributed by atoms with van der Waals surface area (Å²) in [5.74, 6) is -0.740. The normalized spacial score (nSPS) is 10.3. The van der Waals surface area contributed by atoms with Crippen LogP contribution in [-0.2, 0) is 4.79 Å². The predicted octanol–water partition coefficient (Wildman–Crippen LogP) is 3.03. The average Bonchev–Trinajstić information content (AvgIpc) is 2.48. The third kappa shape index (κ3) is 4.53. The molecule has 6 heteroatoms. The first kappa shape index (κ1) is 17.0. The molecule has 2 amide bonds. The molecule has 23 heavy (non-hydrogen) atoms. The van der Waals surface area contributed by atoms with Gasteiger partial charge in [0.1, 0.15) is 5.69 Å². The van der Waals surface area contributed by atoms with E-state index in [1.165, 1.54) is 12.3 Å². The Morgan fingerprint density at radius 2 is 1.78 bits per heavy atom. The number of pyridine rings is 1. The molecule has 120 valence electrons. The molecule has 0 aliphatic carbocycles. The second-order valence-corrected chi connectivity index (χ2v) is 5.80. The topological polar surface area (TPSA) is 71.1 Å². The lowest BCUT2D eigenvalue weighted by atomic mass is 10.1. The molecule has 2 aromatic rings. The van der Waals surface area contributed by atoms with Gasteiger partial charge in [0, 0.05) is 16.9 Å². The second-order valence-electron chi connectivity index (χ2n) is 5.36. The van der Waals surface area contributed by atoms with Gasteiger partial charge >= 0.3 is 0 Å². The Morgan fingerprint density at radius 3 is 2.39 bits per heavy atom. The molecule has 0 fully saturated rings. The Balaban J connectivity index is 1.97. The van der Waals surface area contributed by atoms with Crippen molar-refractivity contribution in [3.63, 3.8) is 0 Å². The average molecular weight is 332 g/mol. The lowest BCUT2D eigenvalue weighted by Gasteiger charge is -2.13. The summed E-state index contributed by atoms with van der Waals surface area (Å²) < 4.78 is 0. The summed E-state index contributed by atoms with van der Waals surface area (Å²) in [5, 5.41) is 5.77. The van der Waals surface area contributed by atoms with E-state index < -0.39 is 5.91 Å². The van der Waals surface area contributed by atoms with Crippen molar-refractivity contribution in [1.82, 2.24) is 10.3 Å². The van der Waals surface area contributed by atoms with Gasteiger partial charge in [0.2, 0.25) is 5.91 Å². The van der Waals surface area contributed by atoms with Gasteiger partial charge < -0.3 is 10.6 Å². The number of nitrogens with one attached hydrogen (secondary N) is 2. The summed E-state index contributed by atoms with van der Waals surface area (Å²) in [6.07, 6.45) is 1.44. The van der Waals surface area contributed by atoms with Crippen LogP contribution in [0.15, 0.2) is 30.5 Å². The molecule has 5 nitrogen and oxygen atoms in total. The van der Waals surface area contributed by atoms with Gasteiger partial charge in [-0.1, -0.05) is 29.3 Å². The van der Waals surface area contributed by atoms with E-state index in [1.807, 2.05) is 32.9 Å². The molecule has 1 heterocycles. The first-order valence-corrected chi connectivity index (χ1v) is 7.52. The quantitative estimate of drug-likeness (QED) is 0.904. The standard InChI is InChI=1S/C17H18ClN3O2/c1-10-6-11(2)16(12(3)7-10)21-15(22)9-20-17(23)14-8-13(18)4-5-19-14/h4-8H,9H2,1-3H3,(H,20,23)(H,21,22). The number of hydrogen-bond acceptors (Lipinski definition) is 3. The summed E-state index contributed by atoms with van der Waals surface area (Å²) in [6.45, 7) is 5.73. The molecule has 0 saturated carbocycles. The van der Waals surface area contributed by atoms with E-state index in [2.05, 4.69) is 15.6 Å². The van der Waals surface area contributed by atoms with Crippen molar-refractivity contribution in [3.05, 3.63) is 57.9 Å². The van der Waals surface area contributed by atoms with Crippen LogP contribution < -0.4 is 10.6 Å². The summed E-state index contributed by atoms with van der Waals surface area (Å²) in [5.41, 5.74) is 4.06. The molecule has 0 aliphatic heterocycles. The fourth-order valence-corrected chi connectivity index (χ4v) is 2.50. The molecule has 1 aromatic heterocycles. The number of aromatic nitrogens is 1. The number of halogens is 1. The van der Waals surface area contributed by atoms with Gasteiger partial charge in [0.25, 0.3) is 5.91 Å². The molecule has 2 rings (SSSR count). The summed E-state index contributed by atoms with van der Waals surface area (Å²) in [6, 6.07) is 7.02. The van der Waals surface area contributed by atoms with Gasteiger partial charge in [0.15, 0.2) is 0 Å². The van der Waals surface area contributed by atoms with E-state index in [0.29, 0.717) is 5.02 Å². The molecule has 0 aliphatic rings. The second kappa shape index (κ2) is 7.24. The van der Waals surface area contributed by atoms with Crippen molar-refractivity contribution < 1.29 is 9.59 Å². The monoisotopic (exact) mass is 331 g/mol. The molecule has 0 saturated heterocycles. The number of carbonyl (C=O) groups excluding carboxylic acids is 2. The third-order valence-electron chi connectivity index (χ3n) is 3.31. The first-order valence-electron chi connectivity index (χ1n) is 7.14. The van der Waals surface area contributed by atoms with Crippen LogP contribution in [0.25, 0.3) is 0 Å². The number of nitrogens with zero attached hydrogens (tertiary/aromatic N) is 1. The highest BCUT2D eigenvalue weighted by Gasteiger charge is 2.12. The minimum absolute atomic E-state index is 0.139. The molecule has 1 aromatic carbocycles. The van der Waals surface area contributed by atoms with Crippen LogP contribution in [0.1, 0.15) is 27.2 Å². The van der Waals surface area contributed by atoms with E-state index in [9.17, 15) is 9.59 Å². The molecule has 0 spiro atoms. The first-order chi connectivity index (χ1) is 10.9. The fraction of sp³-hybridized carbons (Fsp3) is 0.235. The molecule has 0 bridgehead atoms. The number of rotatable bonds is 4. The highest BCUT2D eigenvalue weighted by atomic mass is 35.5. The number of carbonyl (C=O) groups is 2. The van der Waals surface area contributed by atoms with Crippen molar-refractivity contribution in [2.75, 3.05) is 11.9 Å². The van der Waals surface area contributed by atoms with Crippen molar-refractivity contribution in [1.29, 1.82) is 0 Å². The Hall–Kier alpha value is -2.40. The van der Waals surface area contributed by atoms with Crippen molar-refractivity contribution in [3.8, 4) is 0 Å². The number of benzene rings is 1.